The van der Waals surface area contributed by atoms with Crippen molar-refractivity contribution in [3.63, 3.8) is 0 Å². The second kappa shape index (κ2) is 7.03. The Morgan fingerprint density at radius 3 is 2.38 bits per heavy atom. The van der Waals surface area contributed by atoms with E-state index in [2.05, 4.69) is 30.8 Å². The van der Waals surface area contributed by atoms with Gasteiger partial charge in [0.2, 0.25) is 0 Å². The van der Waals surface area contributed by atoms with Gasteiger partial charge in [0, 0.05) is 44.6 Å². The number of aryl methyl sites for hydroxylation is 1. The fourth-order valence-corrected chi connectivity index (χ4v) is 3.33. The van der Waals surface area contributed by atoms with Crippen LogP contribution in [0.2, 0.25) is 0 Å². The zero-order valence-corrected chi connectivity index (χ0v) is 15.0. The highest BCUT2D eigenvalue weighted by atomic mass is 16.5. The van der Waals surface area contributed by atoms with Gasteiger partial charge in [-0.3, -0.25) is 4.57 Å². The molecule has 1 fully saturated rings. The summed E-state index contributed by atoms with van der Waals surface area (Å²) in [6.45, 7) is 5.61. The topological polar surface area (TPSA) is 59.3 Å². The summed E-state index contributed by atoms with van der Waals surface area (Å²) < 4.78 is 7.46. The summed E-state index contributed by atoms with van der Waals surface area (Å²) in [5, 5.41) is 0. The maximum absolute atomic E-state index is 5.49. The van der Waals surface area contributed by atoms with Gasteiger partial charge in [-0.05, 0) is 19.1 Å². The van der Waals surface area contributed by atoms with E-state index in [9.17, 15) is 0 Å². The fraction of sp³-hybridized carbons (Fsp3) is 0.316. The number of hydrogen-bond donors (Lipinski definition) is 0. The number of nitrogens with zero attached hydrogens (tertiary/aromatic N) is 6. The third-order valence-electron chi connectivity index (χ3n) is 4.74. The minimum atomic E-state index is 0.845. The normalized spacial score (nSPS) is 14.5. The van der Waals surface area contributed by atoms with Gasteiger partial charge in [-0.2, -0.15) is 0 Å². The molecule has 0 unspecified atom stereocenters. The van der Waals surface area contributed by atoms with Gasteiger partial charge in [0.25, 0.3) is 0 Å². The molecule has 1 saturated heterocycles. The number of para-hydroxylation sites is 2. The first-order chi connectivity index (χ1) is 12.8. The van der Waals surface area contributed by atoms with E-state index in [1.54, 1.807) is 19.6 Å². The highest BCUT2D eigenvalue weighted by molar-refractivity contribution is 5.59. The van der Waals surface area contributed by atoms with Crippen molar-refractivity contribution in [3.8, 4) is 11.6 Å². The lowest BCUT2D eigenvalue weighted by molar-refractivity contribution is 0.413. The van der Waals surface area contributed by atoms with Crippen molar-refractivity contribution in [2.45, 2.75) is 6.92 Å². The maximum atomic E-state index is 5.49. The Morgan fingerprint density at radius 1 is 0.923 bits per heavy atom. The third-order valence-corrected chi connectivity index (χ3v) is 4.74. The van der Waals surface area contributed by atoms with Crippen molar-refractivity contribution >= 4 is 11.5 Å². The number of imidazole rings is 1. The Labute approximate surface area is 152 Å². The van der Waals surface area contributed by atoms with Gasteiger partial charge in [-0.25, -0.2) is 15.0 Å². The van der Waals surface area contributed by atoms with Crippen LogP contribution in [0, 0.1) is 6.92 Å². The predicted molar refractivity (Wildman–Crippen MR) is 101 cm³/mol. The van der Waals surface area contributed by atoms with E-state index < -0.39 is 0 Å². The van der Waals surface area contributed by atoms with E-state index in [-0.39, 0.29) is 0 Å². The van der Waals surface area contributed by atoms with E-state index >= 15 is 0 Å². The first-order valence-corrected chi connectivity index (χ1v) is 8.71. The summed E-state index contributed by atoms with van der Waals surface area (Å²) >= 11 is 0. The predicted octanol–water partition coefficient (Wildman–Crippen LogP) is 2.31. The monoisotopic (exact) mass is 350 g/mol. The summed E-state index contributed by atoms with van der Waals surface area (Å²) in [6, 6.07) is 10.2. The van der Waals surface area contributed by atoms with E-state index in [0.29, 0.717) is 0 Å². The highest BCUT2D eigenvalue weighted by Gasteiger charge is 2.21. The SMILES string of the molecule is COc1ccccc1N1CCN(c2cc(-n3ccnc3C)ncn2)CC1. The number of aromatic nitrogens is 4. The van der Waals surface area contributed by atoms with E-state index in [1.165, 1.54) is 0 Å². The zero-order chi connectivity index (χ0) is 17.9. The molecule has 7 heteroatoms. The van der Waals surface area contributed by atoms with Crippen LogP contribution in [0.1, 0.15) is 5.82 Å². The third kappa shape index (κ3) is 3.08. The highest BCUT2D eigenvalue weighted by Crippen LogP contribution is 2.29. The van der Waals surface area contributed by atoms with Crippen LogP contribution in [0.25, 0.3) is 5.82 Å². The molecule has 0 atom stereocenters. The van der Waals surface area contributed by atoms with Crippen LogP contribution < -0.4 is 14.5 Å². The molecule has 0 radical (unpaired) electrons. The first kappa shape index (κ1) is 16.4. The molecule has 26 heavy (non-hydrogen) atoms. The van der Waals surface area contributed by atoms with Crippen LogP contribution in [-0.4, -0.2) is 52.8 Å². The molecule has 0 bridgehead atoms. The molecule has 2 aromatic heterocycles. The molecule has 1 aliphatic rings. The Hall–Kier alpha value is -3.09. The lowest BCUT2D eigenvalue weighted by Gasteiger charge is -2.37. The largest absolute Gasteiger partial charge is 0.495 e. The van der Waals surface area contributed by atoms with Gasteiger partial charge >= 0.3 is 0 Å². The maximum Gasteiger partial charge on any atom is 0.143 e. The summed E-state index contributed by atoms with van der Waals surface area (Å²) in [6.07, 6.45) is 5.32. The lowest BCUT2D eigenvalue weighted by atomic mass is 10.2. The molecule has 1 aliphatic heterocycles. The second-order valence-corrected chi connectivity index (χ2v) is 6.22. The first-order valence-electron chi connectivity index (χ1n) is 8.71. The van der Waals surface area contributed by atoms with Crippen LogP contribution in [0.5, 0.6) is 5.75 Å². The van der Waals surface area contributed by atoms with Gasteiger partial charge in [0.05, 0.1) is 12.8 Å². The van der Waals surface area contributed by atoms with Crippen molar-refractivity contribution in [2.75, 3.05) is 43.1 Å². The number of benzene rings is 1. The Balaban J connectivity index is 1.49. The molecular formula is C19H22N6O. The van der Waals surface area contributed by atoms with Crippen LogP contribution in [0.3, 0.4) is 0 Å². The summed E-state index contributed by atoms with van der Waals surface area (Å²) in [4.78, 5) is 17.8. The average Bonchev–Trinajstić information content (AvgIpc) is 3.14. The Morgan fingerprint density at radius 2 is 1.65 bits per heavy atom. The Kier molecular flexibility index (Phi) is 4.43. The number of piperazine rings is 1. The van der Waals surface area contributed by atoms with Gasteiger partial charge in [-0.1, -0.05) is 12.1 Å². The van der Waals surface area contributed by atoms with Gasteiger partial charge in [-0.15, -0.1) is 0 Å². The molecule has 3 heterocycles. The fourth-order valence-electron chi connectivity index (χ4n) is 3.33. The van der Waals surface area contributed by atoms with E-state index in [1.807, 2.05) is 42.0 Å². The van der Waals surface area contributed by atoms with Crippen molar-refractivity contribution in [2.24, 2.45) is 0 Å². The lowest BCUT2D eigenvalue weighted by Crippen LogP contribution is -2.47. The van der Waals surface area contributed by atoms with Gasteiger partial charge in [0.15, 0.2) is 0 Å². The van der Waals surface area contributed by atoms with Gasteiger partial charge in [0.1, 0.15) is 29.5 Å². The van der Waals surface area contributed by atoms with E-state index in [0.717, 1.165) is 55.1 Å². The molecule has 4 rings (SSSR count). The van der Waals surface area contributed by atoms with E-state index in [4.69, 9.17) is 4.74 Å². The van der Waals surface area contributed by atoms with Crippen molar-refractivity contribution < 1.29 is 4.74 Å². The molecular weight excluding hydrogens is 328 g/mol. The molecule has 0 aliphatic carbocycles. The number of anilines is 2. The summed E-state index contributed by atoms with van der Waals surface area (Å²) in [7, 11) is 1.72. The number of methoxy groups -OCH3 is 1. The average molecular weight is 350 g/mol. The second-order valence-electron chi connectivity index (χ2n) is 6.22. The molecule has 0 N–H and O–H groups in total. The quantitative estimate of drug-likeness (QED) is 0.720. The molecule has 0 amide bonds. The van der Waals surface area contributed by atoms with Crippen LogP contribution in [0.4, 0.5) is 11.5 Å². The molecule has 1 aromatic carbocycles. The number of hydrogen-bond acceptors (Lipinski definition) is 6. The molecule has 134 valence electrons. The minimum Gasteiger partial charge on any atom is -0.495 e. The van der Waals surface area contributed by atoms with Crippen LogP contribution >= 0.6 is 0 Å². The minimum absolute atomic E-state index is 0.845. The number of rotatable bonds is 4. The molecule has 0 spiro atoms. The zero-order valence-electron chi connectivity index (χ0n) is 15.0. The summed E-state index contributed by atoms with van der Waals surface area (Å²) in [5.74, 6) is 3.62. The van der Waals surface area contributed by atoms with Gasteiger partial charge < -0.3 is 14.5 Å². The smallest absolute Gasteiger partial charge is 0.143 e. The van der Waals surface area contributed by atoms with Crippen LogP contribution in [0.15, 0.2) is 49.1 Å². The Bertz CT molecular complexity index is 885. The van der Waals surface area contributed by atoms with Crippen molar-refractivity contribution in [3.05, 3.63) is 54.9 Å². The molecule has 0 saturated carbocycles. The molecule has 3 aromatic rings. The van der Waals surface area contributed by atoms with Crippen molar-refractivity contribution in [1.82, 2.24) is 19.5 Å². The van der Waals surface area contributed by atoms with Crippen LogP contribution in [-0.2, 0) is 0 Å². The van der Waals surface area contributed by atoms with Crippen molar-refractivity contribution in [1.29, 1.82) is 0 Å². The standard InChI is InChI=1S/C19H22N6O/c1-15-20-7-8-25(15)19-13-18(21-14-22-19)24-11-9-23(10-12-24)16-5-3-4-6-17(16)26-2/h3-8,13-14H,9-12H2,1-2H3. The number of ether oxygens (including phenoxy) is 1. The summed E-state index contributed by atoms with van der Waals surface area (Å²) in [5.41, 5.74) is 1.15. The molecule has 7 nitrogen and oxygen atoms in total.